The Morgan fingerprint density at radius 1 is 1.11 bits per heavy atom. The molecule has 28 heavy (non-hydrogen) atoms. The van der Waals surface area contributed by atoms with E-state index >= 15 is 0 Å². The molecule has 1 aromatic heterocycles. The van der Waals surface area contributed by atoms with Gasteiger partial charge in [-0.15, -0.1) is 11.3 Å². The zero-order valence-corrected chi connectivity index (χ0v) is 16.9. The van der Waals surface area contributed by atoms with Gasteiger partial charge in [0.15, 0.2) is 6.61 Å². The van der Waals surface area contributed by atoms with Crippen LogP contribution in [0.25, 0.3) is 6.08 Å². The number of nitrogens with zero attached hydrogens (tertiary/aromatic N) is 2. The number of halogens is 1. The van der Waals surface area contributed by atoms with Crippen molar-refractivity contribution >= 4 is 40.8 Å². The molecule has 2 N–H and O–H groups in total. The molecule has 2 aromatic rings. The summed E-state index contributed by atoms with van der Waals surface area (Å²) in [5, 5.41) is 0. The summed E-state index contributed by atoms with van der Waals surface area (Å²) in [4.78, 5) is 28.6. The number of primary amides is 1. The minimum absolute atomic E-state index is 0.00729. The van der Waals surface area contributed by atoms with Crippen molar-refractivity contribution in [1.29, 1.82) is 0 Å². The third-order valence-corrected chi connectivity index (χ3v) is 5.59. The number of thiophene rings is 1. The Labute approximate surface area is 173 Å². The molecule has 0 aliphatic carbocycles. The maximum Gasteiger partial charge on any atom is 0.255 e. The molecule has 2 heterocycles. The van der Waals surface area contributed by atoms with Gasteiger partial charge in [-0.2, -0.15) is 0 Å². The topological polar surface area (TPSA) is 75.9 Å². The van der Waals surface area contributed by atoms with E-state index in [-0.39, 0.29) is 12.5 Å². The number of rotatable bonds is 7. The Bertz CT molecular complexity index is 843. The molecule has 1 aliphatic rings. The highest BCUT2D eigenvalue weighted by atomic mass is 35.5. The van der Waals surface area contributed by atoms with Crippen LogP contribution in [0.15, 0.2) is 42.5 Å². The molecule has 0 atom stereocenters. The number of ether oxygens (including phenoxy) is 1. The first kappa shape index (κ1) is 20.4. The molecule has 0 spiro atoms. The molecule has 0 radical (unpaired) electrons. The lowest BCUT2D eigenvalue weighted by Crippen LogP contribution is -2.47. The van der Waals surface area contributed by atoms with E-state index in [1.807, 2.05) is 23.1 Å². The molecule has 1 aromatic carbocycles. The van der Waals surface area contributed by atoms with Crippen LogP contribution in [0.2, 0.25) is 4.34 Å². The van der Waals surface area contributed by atoms with E-state index < -0.39 is 5.91 Å². The van der Waals surface area contributed by atoms with E-state index in [1.54, 1.807) is 35.6 Å². The summed E-state index contributed by atoms with van der Waals surface area (Å²) in [5.74, 6) is 0.0483. The van der Waals surface area contributed by atoms with E-state index in [9.17, 15) is 9.59 Å². The first-order valence-corrected chi connectivity index (χ1v) is 10.1. The number of benzene rings is 1. The molecule has 0 unspecified atom stereocenters. The number of hydrogen-bond acceptors (Lipinski definition) is 5. The predicted octanol–water partition coefficient (Wildman–Crippen LogP) is 2.62. The fourth-order valence-electron chi connectivity index (χ4n) is 2.89. The Morgan fingerprint density at radius 3 is 2.43 bits per heavy atom. The highest BCUT2D eigenvalue weighted by Crippen LogP contribution is 2.23. The predicted molar refractivity (Wildman–Crippen MR) is 111 cm³/mol. The summed E-state index contributed by atoms with van der Waals surface area (Å²) < 4.78 is 6.02. The summed E-state index contributed by atoms with van der Waals surface area (Å²) in [6, 6.07) is 11.1. The van der Waals surface area contributed by atoms with Crippen LogP contribution in [0.5, 0.6) is 5.75 Å². The minimum atomic E-state index is -0.520. The molecule has 1 saturated heterocycles. The van der Waals surface area contributed by atoms with Gasteiger partial charge < -0.3 is 15.4 Å². The van der Waals surface area contributed by atoms with E-state index in [1.165, 1.54) is 4.88 Å². The summed E-state index contributed by atoms with van der Waals surface area (Å²) >= 11 is 7.58. The second-order valence-corrected chi connectivity index (χ2v) is 8.26. The molecule has 6 nitrogen and oxygen atoms in total. The molecule has 148 valence electrons. The van der Waals surface area contributed by atoms with Gasteiger partial charge in [-0.05, 0) is 35.9 Å². The number of carbonyl (C=O) groups excluding carboxylic acids is 2. The molecule has 8 heteroatoms. The standard InChI is InChI=1S/C20H22ClN3O3S/c21-18-7-6-17(28-18)13-23-9-11-24(12-10-23)20(26)8-3-15-1-4-16(5-2-15)27-14-19(22)25/h1-8H,9-14H2,(H2,22,25)/b8-3+. The van der Waals surface area contributed by atoms with E-state index in [0.717, 1.165) is 29.5 Å². The van der Waals surface area contributed by atoms with E-state index in [0.29, 0.717) is 18.8 Å². The third-order valence-electron chi connectivity index (χ3n) is 4.37. The van der Waals surface area contributed by atoms with Gasteiger partial charge in [0.2, 0.25) is 5.91 Å². The lowest BCUT2D eigenvalue weighted by Gasteiger charge is -2.33. The molecule has 1 aliphatic heterocycles. The van der Waals surface area contributed by atoms with Gasteiger partial charge in [-0.25, -0.2) is 0 Å². The second kappa shape index (κ2) is 9.73. The fraction of sp³-hybridized carbons (Fsp3) is 0.300. The van der Waals surface area contributed by atoms with Gasteiger partial charge in [-0.3, -0.25) is 14.5 Å². The van der Waals surface area contributed by atoms with Crippen molar-refractivity contribution in [1.82, 2.24) is 9.80 Å². The van der Waals surface area contributed by atoms with Crippen molar-refractivity contribution in [2.24, 2.45) is 5.73 Å². The van der Waals surface area contributed by atoms with Gasteiger partial charge in [0.25, 0.3) is 5.91 Å². The van der Waals surface area contributed by atoms with Crippen LogP contribution < -0.4 is 10.5 Å². The molecule has 1 fully saturated rings. The Morgan fingerprint density at radius 2 is 1.82 bits per heavy atom. The van der Waals surface area contributed by atoms with Crippen LogP contribution in [0.4, 0.5) is 0 Å². The van der Waals surface area contributed by atoms with Crippen LogP contribution >= 0.6 is 22.9 Å². The van der Waals surface area contributed by atoms with Crippen LogP contribution in [-0.2, 0) is 16.1 Å². The minimum Gasteiger partial charge on any atom is -0.484 e. The first-order valence-electron chi connectivity index (χ1n) is 8.94. The number of nitrogens with two attached hydrogens (primary N) is 1. The first-order chi connectivity index (χ1) is 13.5. The molecule has 0 saturated carbocycles. The summed E-state index contributed by atoms with van der Waals surface area (Å²) in [7, 11) is 0. The average Bonchev–Trinajstić information content (AvgIpc) is 3.10. The van der Waals surface area contributed by atoms with Gasteiger partial charge in [0.05, 0.1) is 4.34 Å². The van der Waals surface area contributed by atoms with Crippen molar-refractivity contribution in [3.05, 3.63) is 57.3 Å². The zero-order valence-electron chi connectivity index (χ0n) is 15.3. The van der Waals surface area contributed by atoms with Gasteiger partial charge in [-0.1, -0.05) is 23.7 Å². The number of carbonyl (C=O) groups is 2. The van der Waals surface area contributed by atoms with Crippen LogP contribution in [0.1, 0.15) is 10.4 Å². The maximum absolute atomic E-state index is 12.4. The van der Waals surface area contributed by atoms with E-state index in [4.69, 9.17) is 22.1 Å². The lowest BCUT2D eigenvalue weighted by molar-refractivity contribution is -0.127. The van der Waals surface area contributed by atoms with Crippen LogP contribution in [0.3, 0.4) is 0 Å². The number of hydrogen-bond donors (Lipinski definition) is 1. The van der Waals surface area contributed by atoms with E-state index in [2.05, 4.69) is 11.0 Å². The molecule has 0 bridgehead atoms. The highest BCUT2D eigenvalue weighted by molar-refractivity contribution is 7.16. The van der Waals surface area contributed by atoms with Gasteiger partial charge in [0, 0.05) is 43.7 Å². The van der Waals surface area contributed by atoms with Crippen molar-refractivity contribution in [3.8, 4) is 5.75 Å². The molecular formula is C20H22ClN3O3S. The Kier molecular flexibility index (Phi) is 7.08. The summed E-state index contributed by atoms with van der Waals surface area (Å²) in [6.07, 6.45) is 3.37. The van der Waals surface area contributed by atoms with Crippen LogP contribution in [-0.4, -0.2) is 54.4 Å². The Balaban J connectivity index is 1.45. The number of piperazine rings is 1. The van der Waals surface area contributed by atoms with Crippen molar-refractivity contribution in [2.45, 2.75) is 6.54 Å². The summed E-state index contributed by atoms with van der Waals surface area (Å²) in [6.45, 7) is 3.84. The third kappa shape index (κ3) is 6.09. The lowest BCUT2D eigenvalue weighted by atomic mass is 10.2. The largest absolute Gasteiger partial charge is 0.484 e. The highest BCUT2D eigenvalue weighted by Gasteiger charge is 2.20. The average molecular weight is 420 g/mol. The molecule has 3 rings (SSSR count). The molecular weight excluding hydrogens is 398 g/mol. The van der Waals surface area contributed by atoms with Gasteiger partial charge >= 0.3 is 0 Å². The van der Waals surface area contributed by atoms with Crippen LogP contribution in [0, 0.1) is 0 Å². The SMILES string of the molecule is NC(=O)COc1ccc(/C=C/C(=O)N2CCN(Cc3ccc(Cl)s3)CC2)cc1. The second-order valence-electron chi connectivity index (χ2n) is 6.46. The van der Waals surface area contributed by atoms with Gasteiger partial charge in [0.1, 0.15) is 5.75 Å². The van der Waals surface area contributed by atoms with Crippen molar-refractivity contribution in [3.63, 3.8) is 0 Å². The van der Waals surface area contributed by atoms with Crippen molar-refractivity contribution < 1.29 is 14.3 Å². The quantitative estimate of drug-likeness (QED) is 0.700. The number of amides is 2. The Hall–Kier alpha value is -2.35. The maximum atomic E-state index is 12.4. The summed E-state index contributed by atoms with van der Waals surface area (Å²) in [5.41, 5.74) is 5.93. The fourth-order valence-corrected chi connectivity index (χ4v) is 4.02. The van der Waals surface area contributed by atoms with Crippen molar-refractivity contribution in [2.75, 3.05) is 32.8 Å². The monoisotopic (exact) mass is 419 g/mol. The normalized spacial score (nSPS) is 15.1. The zero-order chi connectivity index (χ0) is 19.9. The smallest absolute Gasteiger partial charge is 0.255 e. The molecule has 2 amide bonds.